The molecular formula is C12H21N3O. The molecule has 0 aromatic carbocycles. The van der Waals surface area contributed by atoms with Crippen LogP contribution in [0.25, 0.3) is 0 Å². The molecule has 1 saturated heterocycles. The average molecular weight is 223 g/mol. The summed E-state index contributed by atoms with van der Waals surface area (Å²) < 4.78 is 5.70. The number of nitrogens with two attached hydrogens (primary N) is 1. The van der Waals surface area contributed by atoms with Gasteiger partial charge in [-0.2, -0.15) is 0 Å². The molecule has 0 radical (unpaired) electrons. The van der Waals surface area contributed by atoms with Gasteiger partial charge in [0.1, 0.15) is 5.76 Å². The van der Waals surface area contributed by atoms with Gasteiger partial charge in [-0.25, -0.2) is 4.98 Å². The van der Waals surface area contributed by atoms with Gasteiger partial charge in [0.2, 0.25) is 0 Å². The normalized spacial score (nSPS) is 21.2. The first-order valence-corrected chi connectivity index (χ1v) is 6.14. The molecule has 2 heterocycles. The number of nitrogens with zero attached hydrogens (tertiary/aromatic N) is 2. The van der Waals surface area contributed by atoms with E-state index in [4.69, 9.17) is 10.2 Å². The van der Waals surface area contributed by atoms with Gasteiger partial charge in [-0.3, -0.25) is 0 Å². The van der Waals surface area contributed by atoms with Gasteiger partial charge in [0.05, 0.1) is 12.2 Å². The maximum Gasteiger partial charge on any atom is 0.197 e. The minimum absolute atomic E-state index is 0.0584. The van der Waals surface area contributed by atoms with Crippen LogP contribution < -0.4 is 5.73 Å². The Hall–Kier alpha value is -0.870. The van der Waals surface area contributed by atoms with Crippen LogP contribution in [0.2, 0.25) is 0 Å². The van der Waals surface area contributed by atoms with Crippen molar-refractivity contribution in [2.75, 3.05) is 19.6 Å². The average Bonchev–Trinajstić information content (AvgIpc) is 2.78. The molecule has 0 bridgehead atoms. The highest BCUT2D eigenvalue weighted by molar-refractivity contribution is 5.03. The lowest BCUT2D eigenvalue weighted by atomic mass is 9.97. The predicted octanol–water partition coefficient (Wildman–Crippen LogP) is 1.89. The Morgan fingerprint density at radius 1 is 1.56 bits per heavy atom. The molecule has 1 unspecified atom stereocenters. The van der Waals surface area contributed by atoms with Crippen molar-refractivity contribution >= 4 is 0 Å². The van der Waals surface area contributed by atoms with Gasteiger partial charge in [0.15, 0.2) is 5.89 Å². The van der Waals surface area contributed by atoms with Crippen LogP contribution in [-0.4, -0.2) is 29.5 Å². The highest BCUT2D eigenvalue weighted by atomic mass is 16.4. The van der Waals surface area contributed by atoms with Crippen LogP contribution in [0.1, 0.15) is 50.3 Å². The fourth-order valence-electron chi connectivity index (χ4n) is 2.20. The fraction of sp³-hybridized carbons (Fsp3) is 0.750. The van der Waals surface area contributed by atoms with Crippen LogP contribution in [0.5, 0.6) is 0 Å². The second kappa shape index (κ2) is 4.97. The molecule has 0 spiro atoms. The summed E-state index contributed by atoms with van der Waals surface area (Å²) in [5.74, 6) is 2.16. The minimum Gasteiger partial charge on any atom is -0.444 e. The molecule has 4 nitrogen and oxygen atoms in total. The first-order valence-electron chi connectivity index (χ1n) is 6.14. The number of aromatic nitrogens is 1. The second-order valence-electron chi connectivity index (χ2n) is 4.60. The lowest BCUT2D eigenvalue weighted by Crippen LogP contribution is -2.32. The number of likely N-dealkylation sites (tertiary alicyclic amines) is 1. The largest absolute Gasteiger partial charge is 0.444 e. The third-order valence-corrected chi connectivity index (χ3v) is 3.37. The summed E-state index contributed by atoms with van der Waals surface area (Å²) in [4.78, 5) is 6.81. The van der Waals surface area contributed by atoms with E-state index in [0.717, 1.165) is 44.1 Å². The first-order chi connectivity index (χ1) is 7.70. The highest BCUT2D eigenvalue weighted by Crippen LogP contribution is 2.28. The Bertz CT molecular complexity index is 327. The van der Waals surface area contributed by atoms with E-state index in [-0.39, 0.29) is 6.04 Å². The van der Waals surface area contributed by atoms with Crippen molar-refractivity contribution < 1.29 is 4.42 Å². The number of hydrogen-bond acceptors (Lipinski definition) is 4. The number of oxazole rings is 1. The Kier molecular flexibility index (Phi) is 3.61. The van der Waals surface area contributed by atoms with Gasteiger partial charge >= 0.3 is 0 Å². The van der Waals surface area contributed by atoms with E-state index >= 15 is 0 Å². The van der Waals surface area contributed by atoms with Gasteiger partial charge in [0.25, 0.3) is 0 Å². The molecule has 1 atom stereocenters. The summed E-state index contributed by atoms with van der Waals surface area (Å²) in [6, 6.07) is -0.0584. The summed E-state index contributed by atoms with van der Waals surface area (Å²) in [6.45, 7) is 7.57. The number of hydrogen-bond donors (Lipinski definition) is 1. The summed E-state index contributed by atoms with van der Waals surface area (Å²) in [5, 5.41) is 0. The zero-order valence-corrected chi connectivity index (χ0v) is 10.1. The second-order valence-corrected chi connectivity index (χ2v) is 4.60. The summed E-state index contributed by atoms with van der Waals surface area (Å²) >= 11 is 0. The lowest BCUT2D eigenvalue weighted by molar-refractivity contribution is 0.207. The number of piperidine rings is 1. The smallest absolute Gasteiger partial charge is 0.197 e. The van der Waals surface area contributed by atoms with Crippen molar-refractivity contribution in [1.82, 2.24) is 9.88 Å². The molecule has 0 saturated carbocycles. The minimum atomic E-state index is -0.0584. The zero-order valence-electron chi connectivity index (χ0n) is 10.1. The zero-order chi connectivity index (χ0) is 11.5. The molecule has 2 N–H and O–H groups in total. The third-order valence-electron chi connectivity index (χ3n) is 3.37. The SMILES string of the molecule is CCN1CCC(c2ncc(C(C)N)o2)CC1. The van der Waals surface area contributed by atoms with Gasteiger partial charge in [-0.15, -0.1) is 0 Å². The third kappa shape index (κ3) is 2.44. The van der Waals surface area contributed by atoms with Crippen LogP contribution >= 0.6 is 0 Å². The summed E-state index contributed by atoms with van der Waals surface area (Å²) in [6.07, 6.45) is 4.06. The van der Waals surface area contributed by atoms with Crippen LogP contribution in [0.4, 0.5) is 0 Å². The Morgan fingerprint density at radius 2 is 2.25 bits per heavy atom. The van der Waals surface area contributed by atoms with E-state index in [1.54, 1.807) is 6.20 Å². The lowest BCUT2D eigenvalue weighted by Gasteiger charge is -2.29. The molecule has 1 fully saturated rings. The highest BCUT2D eigenvalue weighted by Gasteiger charge is 2.23. The Labute approximate surface area is 96.8 Å². The van der Waals surface area contributed by atoms with Crippen molar-refractivity contribution in [3.8, 4) is 0 Å². The van der Waals surface area contributed by atoms with E-state index in [0.29, 0.717) is 5.92 Å². The molecule has 90 valence electrons. The van der Waals surface area contributed by atoms with E-state index < -0.39 is 0 Å². The quantitative estimate of drug-likeness (QED) is 0.850. The van der Waals surface area contributed by atoms with Crippen LogP contribution in [0.15, 0.2) is 10.6 Å². The Morgan fingerprint density at radius 3 is 2.75 bits per heavy atom. The fourth-order valence-corrected chi connectivity index (χ4v) is 2.20. The number of rotatable bonds is 3. The van der Waals surface area contributed by atoms with Gasteiger partial charge in [-0.05, 0) is 39.4 Å². The van der Waals surface area contributed by atoms with E-state index in [1.165, 1.54) is 0 Å². The van der Waals surface area contributed by atoms with E-state index in [9.17, 15) is 0 Å². The van der Waals surface area contributed by atoms with Crippen molar-refractivity contribution in [2.24, 2.45) is 5.73 Å². The molecule has 16 heavy (non-hydrogen) atoms. The standard InChI is InChI=1S/C12H21N3O/c1-3-15-6-4-10(5-7-15)12-14-8-11(16-12)9(2)13/h8-10H,3-7,13H2,1-2H3. The first kappa shape index (κ1) is 11.6. The van der Waals surface area contributed by atoms with Gasteiger partial charge < -0.3 is 15.1 Å². The van der Waals surface area contributed by atoms with Crippen molar-refractivity contribution in [1.29, 1.82) is 0 Å². The molecule has 4 heteroatoms. The molecular weight excluding hydrogens is 202 g/mol. The van der Waals surface area contributed by atoms with E-state index in [2.05, 4.69) is 16.8 Å². The summed E-state index contributed by atoms with van der Waals surface area (Å²) in [5.41, 5.74) is 5.76. The summed E-state index contributed by atoms with van der Waals surface area (Å²) in [7, 11) is 0. The molecule has 1 aromatic rings. The van der Waals surface area contributed by atoms with Gasteiger partial charge in [0, 0.05) is 5.92 Å². The van der Waals surface area contributed by atoms with Crippen LogP contribution in [0.3, 0.4) is 0 Å². The molecule has 0 aliphatic carbocycles. The van der Waals surface area contributed by atoms with Gasteiger partial charge in [-0.1, -0.05) is 6.92 Å². The van der Waals surface area contributed by atoms with Crippen molar-refractivity contribution in [3.05, 3.63) is 17.8 Å². The van der Waals surface area contributed by atoms with Crippen LogP contribution in [0, 0.1) is 0 Å². The van der Waals surface area contributed by atoms with Crippen molar-refractivity contribution in [2.45, 2.75) is 38.6 Å². The predicted molar refractivity (Wildman–Crippen MR) is 63.2 cm³/mol. The molecule has 1 aromatic heterocycles. The van der Waals surface area contributed by atoms with E-state index in [1.807, 2.05) is 6.92 Å². The molecule has 1 aliphatic rings. The van der Waals surface area contributed by atoms with Crippen molar-refractivity contribution in [3.63, 3.8) is 0 Å². The topological polar surface area (TPSA) is 55.3 Å². The van der Waals surface area contributed by atoms with Crippen LogP contribution in [-0.2, 0) is 0 Å². The monoisotopic (exact) mass is 223 g/mol. The molecule has 2 rings (SSSR count). The maximum absolute atomic E-state index is 5.76. The molecule has 1 aliphatic heterocycles. The molecule has 0 amide bonds. The Balaban J connectivity index is 1.97. The maximum atomic E-state index is 5.76.